The Morgan fingerprint density at radius 1 is 1.08 bits per heavy atom. The van der Waals surface area contributed by atoms with Crippen molar-refractivity contribution in [2.24, 2.45) is 0 Å². The first-order valence-corrected chi connectivity index (χ1v) is 9.82. The van der Waals surface area contributed by atoms with Crippen molar-refractivity contribution in [1.82, 2.24) is 10.2 Å². The molecule has 2 aromatic carbocycles. The smallest absolute Gasteiger partial charge is 0.133 e. The van der Waals surface area contributed by atoms with Gasteiger partial charge in [-0.1, -0.05) is 30.3 Å². The molecule has 0 aromatic heterocycles. The number of hydrogen-bond donors (Lipinski definition) is 2. The quantitative estimate of drug-likeness (QED) is 0.325. The Hall–Kier alpha value is 0.200. The van der Waals surface area contributed by atoms with E-state index in [1.165, 1.54) is 5.56 Å². The van der Waals surface area contributed by atoms with Crippen molar-refractivity contribution in [2.45, 2.75) is 19.5 Å². The van der Waals surface area contributed by atoms with Gasteiger partial charge in [-0.25, -0.2) is 0 Å². The normalized spacial score (nSPS) is 10.2. The molecule has 2 N–H and O–H groups in total. The number of aromatic hydroxyl groups is 1. The molecule has 0 aliphatic carbocycles. The fourth-order valence-corrected chi connectivity index (χ4v) is 4.39. The van der Waals surface area contributed by atoms with E-state index in [4.69, 9.17) is 0 Å². The summed E-state index contributed by atoms with van der Waals surface area (Å²) in [6.45, 7) is 3.69. The molecular weight excluding hydrogens is 585 g/mol. The van der Waals surface area contributed by atoms with Gasteiger partial charge in [0.1, 0.15) is 5.75 Å². The van der Waals surface area contributed by atoms with Crippen LogP contribution in [0.5, 0.6) is 5.75 Å². The van der Waals surface area contributed by atoms with Gasteiger partial charge >= 0.3 is 0 Å². The molecule has 2 rings (SSSR count). The SMILES string of the molecule is CN(CCCNCc1cc(I)cc(I)c1O)Cc1ccccc1.Cl.Cl. The highest BCUT2D eigenvalue weighted by Gasteiger charge is 2.07. The molecule has 0 aliphatic heterocycles. The number of phenols is 1. The minimum atomic E-state index is 0. The summed E-state index contributed by atoms with van der Waals surface area (Å²) in [5.74, 6) is 0.403. The highest BCUT2D eigenvalue weighted by atomic mass is 127. The summed E-state index contributed by atoms with van der Waals surface area (Å²) in [7, 11) is 2.15. The number of benzene rings is 2. The lowest BCUT2D eigenvalue weighted by Gasteiger charge is -2.17. The maximum absolute atomic E-state index is 10.1. The van der Waals surface area contributed by atoms with Crippen molar-refractivity contribution in [2.75, 3.05) is 20.1 Å². The summed E-state index contributed by atoms with van der Waals surface area (Å²) < 4.78 is 2.07. The van der Waals surface area contributed by atoms with Crippen LogP contribution in [0.4, 0.5) is 0 Å². The van der Waals surface area contributed by atoms with Crippen LogP contribution in [-0.4, -0.2) is 30.1 Å². The highest BCUT2D eigenvalue weighted by molar-refractivity contribution is 14.1. The van der Waals surface area contributed by atoms with Crippen LogP contribution >= 0.6 is 70.0 Å². The van der Waals surface area contributed by atoms with Gasteiger partial charge in [-0.3, -0.25) is 0 Å². The van der Waals surface area contributed by atoms with Crippen molar-refractivity contribution in [3.8, 4) is 5.75 Å². The van der Waals surface area contributed by atoms with Crippen LogP contribution in [-0.2, 0) is 13.1 Å². The maximum atomic E-state index is 10.1. The molecule has 0 fully saturated rings. The van der Waals surface area contributed by atoms with Crippen LogP contribution in [0.25, 0.3) is 0 Å². The average molecular weight is 609 g/mol. The van der Waals surface area contributed by atoms with Crippen LogP contribution in [0.15, 0.2) is 42.5 Å². The van der Waals surface area contributed by atoms with E-state index in [-0.39, 0.29) is 24.8 Å². The largest absolute Gasteiger partial charge is 0.507 e. The minimum absolute atomic E-state index is 0. The van der Waals surface area contributed by atoms with Crippen LogP contribution in [0.1, 0.15) is 17.5 Å². The molecule has 0 saturated heterocycles. The van der Waals surface area contributed by atoms with Crippen LogP contribution < -0.4 is 5.32 Å². The van der Waals surface area contributed by atoms with E-state index in [2.05, 4.69) is 92.8 Å². The molecular formula is C18H24Cl2I2N2O. The van der Waals surface area contributed by atoms with Crippen molar-refractivity contribution in [3.63, 3.8) is 0 Å². The second-order valence-electron chi connectivity index (χ2n) is 5.65. The van der Waals surface area contributed by atoms with E-state index in [0.717, 1.165) is 38.8 Å². The molecule has 3 nitrogen and oxygen atoms in total. The van der Waals surface area contributed by atoms with E-state index < -0.39 is 0 Å². The van der Waals surface area contributed by atoms with Crippen molar-refractivity contribution >= 4 is 70.0 Å². The summed E-state index contributed by atoms with van der Waals surface area (Å²) in [6, 6.07) is 14.6. The Morgan fingerprint density at radius 2 is 1.76 bits per heavy atom. The molecule has 0 atom stereocenters. The Morgan fingerprint density at radius 3 is 2.44 bits per heavy atom. The topological polar surface area (TPSA) is 35.5 Å². The van der Waals surface area contributed by atoms with Gasteiger partial charge < -0.3 is 15.3 Å². The first kappa shape index (κ1) is 25.2. The number of rotatable bonds is 8. The first-order valence-electron chi connectivity index (χ1n) is 7.66. The predicted molar refractivity (Wildman–Crippen MR) is 127 cm³/mol. The molecule has 0 heterocycles. The highest BCUT2D eigenvalue weighted by Crippen LogP contribution is 2.26. The Labute approximate surface area is 190 Å². The number of halogens is 4. The third-order valence-electron chi connectivity index (χ3n) is 3.61. The van der Waals surface area contributed by atoms with E-state index in [1.807, 2.05) is 12.1 Å². The summed E-state index contributed by atoms with van der Waals surface area (Å²) in [6.07, 6.45) is 1.09. The standard InChI is InChI=1S/C18H22I2N2O.2ClH/c1-22(13-14-6-3-2-4-7-14)9-5-8-21-12-15-10-16(19)11-17(20)18(15)23;;/h2-4,6-7,10-11,21,23H,5,8-9,12-13H2,1H3;2*1H. The molecule has 7 heteroatoms. The van der Waals surface area contributed by atoms with Crippen molar-refractivity contribution in [1.29, 1.82) is 0 Å². The fourth-order valence-electron chi connectivity index (χ4n) is 2.43. The molecule has 0 saturated carbocycles. The molecule has 0 spiro atoms. The van der Waals surface area contributed by atoms with Gasteiger partial charge in [-0.2, -0.15) is 0 Å². The Kier molecular flexibility index (Phi) is 13.5. The van der Waals surface area contributed by atoms with E-state index in [9.17, 15) is 5.11 Å². The number of hydrogen-bond acceptors (Lipinski definition) is 3. The summed E-state index contributed by atoms with van der Waals surface area (Å²) in [5.41, 5.74) is 2.32. The van der Waals surface area contributed by atoms with Gasteiger partial charge in [0.15, 0.2) is 0 Å². The van der Waals surface area contributed by atoms with Crippen molar-refractivity contribution < 1.29 is 5.11 Å². The summed E-state index contributed by atoms with van der Waals surface area (Å²) >= 11 is 4.46. The molecule has 0 amide bonds. The molecule has 25 heavy (non-hydrogen) atoms. The first-order chi connectivity index (χ1) is 11.1. The van der Waals surface area contributed by atoms with Crippen LogP contribution in [0.3, 0.4) is 0 Å². The van der Waals surface area contributed by atoms with Gasteiger partial charge in [0, 0.05) is 22.2 Å². The number of nitrogens with zero attached hydrogens (tertiary/aromatic N) is 1. The molecule has 140 valence electrons. The average Bonchev–Trinajstić information content (AvgIpc) is 2.52. The molecule has 0 aliphatic rings. The Bertz CT molecular complexity index is 630. The van der Waals surface area contributed by atoms with Gasteiger partial charge in [-0.05, 0) is 89.4 Å². The zero-order valence-corrected chi connectivity index (χ0v) is 20.0. The van der Waals surface area contributed by atoms with Crippen LogP contribution in [0.2, 0.25) is 0 Å². The van der Waals surface area contributed by atoms with Gasteiger partial charge in [0.2, 0.25) is 0 Å². The molecule has 2 aromatic rings. The number of nitrogens with one attached hydrogen (secondary N) is 1. The van der Waals surface area contributed by atoms with Gasteiger partial charge in [0.05, 0.1) is 3.57 Å². The monoisotopic (exact) mass is 608 g/mol. The lowest BCUT2D eigenvalue weighted by molar-refractivity contribution is 0.319. The lowest BCUT2D eigenvalue weighted by Crippen LogP contribution is -2.23. The maximum Gasteiger partial charge on any atom is 0.133 e. The van der Waals surface area contributed by atoms with E-state index in [0.29, 0.717) is 12.3 Å². The van der Waals surface area contributed by atoms with Gasteiger partial charge in [-0.15, -0.1) is 24.8 Å². The fraction of sp³-hybridized carbons (Fsp3) is 0.333. The number of phenolic OH excluding ortho intramolecular Hbond substituents is 1. The van der Waals surface area contributed by atoms with E-state index in [1.54, 1.807) is 0 Å². The van der Waals surface area contributed by atoms with Gasteiger partial charge in [0.25, 0.3) is 0 Å². The summed E-state index contributed by atoms with van der Waals surface area (Å²) in [5, 5.41) is 13.5. The zero-order chi connectivity index (χ0) is 16.7. The third kappa shape index (κ3) is 9.10. The predicted octanol–water partition coefficient (Wildman–Crippen LogP) is 5.06. The molecule has 0 bridgehead atoms. The second-order valence-corrected chi connectivity index (χ2v) is 8.06. The third-order valence-corrected chi connectivity index (χ3v) is 5.06. The molecule has 0 radical (unpaired) electrons. The summed E-state index contributed by atoms with van der Waals surface area (Å²) in [4.78, 5) is 2.34. The van der Waals surface area contributed by atoms with Crippen molar-refractivity contribution in [3.05, 3.63) is 60.7 Å². The molecule has 0 unspecified atom stereocenters. The Balaban J connectivity index is 0.00000288. The second kappa shape index (κ2) is 13.4. The lowest BCUT2D eigenvalue weighted by atomic mass is 10.2. The van der Waals surface area contributed by atoms with Crippen LogP contribution in [0, 0.1) is 7.14 Å². The van der Waals surface area contributed by atoms with E-state index >= 15 is 0 Å². The zero-order valence-electron chi connectivity index (χ0n) is 14.0. The minimum Gasteiger partial charge on any atom is -0.507 e.